The highest BCUT2D eigenvalue weighted by Crippen LogP contribution is 2.15. The second-order valence-corrected chi connectivity index (χ2v) is 4.98. The second-order valence-electron chi connectivity index (χ2n) is 3.99. The molecular weight excluding hydrogens is 233 g/mol. The molecular formula is C11H10BN3OS. The molecule has 3 aromatic rings. The molecule has 4 nitrogen and oxygen atoms in total. The van der Waals surface area contributed by atoms with E-state index in [2.05, 4.69) is 4.98 Å². The summed E-state index contributed by atoms with van der Waals surface area (Å²) in [4.78, 5) is 16.0. The Morgan fingerprint density at radius 3 is 3.06 bits per heavy atom. The van der Waals surface area contributed by atoms with E-state index in [0.717, 1.165) is 10.2 Å². The summed E-state index contributed by atoms with van der Waals surface area (Å²) >= 11 is 1.29. The van der Waals surface area contributed by atoms with Gasteiger partial charge in [0.1, 0.15) is 14.5 Å². The molecule has 3 rings (SSSR count). The molecule has 2 heterocycles. The van der Waals surface area contributed by atoms with Crippen molar-refractivity contribution in [2.75, 3.05) is 0 Å². The Hall–Kier alpha value is -1.82. The summed E-state index contributed by atoms with van der Waals surface area (Å²) in [5.41, 5.74) is 2.16. The number of rotatable bonds is 2. The zero-order valence-corrected chi connectivity index (χ0v) is 10.1. The molecule has 0 bridgehead atoms. The highest BCUT2D eigenvalue weighted by Gasteiger charge is 2.07. The van der Waals surface area contributed by atoms with Crippen LogP contribution in [0.2, 0.25) is 0 Å². The van der Waals surface area contributed by atoms with Gasteiger partial charge in [-0.05, 0) is 12.1 Å². The molecule has 84 valence electrons. The van der Waals surface area contributed by atoms with Crippen LogP contribution in [0, 0.1) is 0 Å². The maximum Gasteiger partial charge on any atom is 0.309 e. The minimum Gasteiger partial charge on any atom is -0.319 e. The lowest BCUT2D eigenvalue weighted by Gasteiger charge is -2.04. The third-order valence-electron chi connectivity index (χ3n) is 2.69. The first-order chi connectivity index (χ1) is 8.24. The number of nitrogens with zero attached hydrogens (tertiary/aromatic N) is 3. The Morgan fingerprint density at radius 1 is 1.41 bits per heavy atom. The lowest BCUT2D eigenvalue weighted by atomic mass is 9.97. The zero-order chi connectivity index (χ0) is 11.8. The van der Waals surface area contributed by atoms with Crippen molar-refractivity contribution in [1.29, 1.82) is 0 Å². The first kappa shape index (κ1) is 10.3. The standard InChI is InChI=1S/C11H10BN3OS/c12-8-1-2-9-10(5-8)17-11(16)15(9)7-14-4-3-13-6-14/h1-6H,7,12H2. The van der Waals surface area contributed by atoms with Gasteiger partial charge >= 0.3 is 4.87 Å². The summed E-state index contributed by atoms with van der Waals surface area (Å²) < 4.78 is 4.68. The van der Waals surface area contributed by atoms with Gasteiger partial charge in [-0.1, -0.05) is 22.9 Å². The zero-order valence-electron chi connectivity index (χ0n) is 9.33. The summed E-state index contributed by atoms with van der Waals surface area (Å²) in [6, 6.07) is 6.07. The Balaban J connectivity index is 2.16. The third-order valence-corrected chi connectivity index (χ3v) is 3.63. The van der Waals surface area contributed by atoms with E-state index in [1.807, 2.05) is 36.8 Å². The van der Waals surface area contributed by atoms with Gasteiger partial charge in [0.2, 0.25) is 0 Å². The molecule has 0 N–H and O–H groups in total. The number of imidazole rings is 1. The highest BCUT2D eigenvalue weighted by atomic mass is 32.1. The largest absolute Gasteiger partial charge is 0.319 e. The molecule has 0 atom stereocenters. The lowest BCUT2D eigenvalue weighted by molar-refractivity contribution is 0.616. The molecule has 0 saturated heterocycles. The van der Waals surface area contributed by atoms with Gasteiger partial charge in [-0.3, -0.25) is 9.36 Å². The van der Waals surface area contributed by atoms with E-state index >= 15 is 0 Å². The van der Waals surface area contributed by atoms with Crippen LogP contribution in [0.5, 0.6) is 0 Å². The summed E-state index contributed by atoms with van der Waals surface area (Å²) in [5.74, 6) is 0. The number of hydrogen-bond acceptors (Lipinski definition) is 3. The van der Waals surface area contributed by atoms with Crippen LogP contribution >= 0.6 is 11.3 Å². The van der Waals surface area contributed by atoms with E-state index in [1.165, 1.54) is 16.8 Å². The minimum atomic E-state index is 0.0688. The van der Waals surface area contributed by atoms with Crippen LogP contribution in [0.15, 0.2) is 41.7 Å². The number of hydrogen-bond donors (Lipinski definition) is 0. The van der Waals surface area contributed by atoms with Gasteiger partial charge in [0.25, 0.3) is 0 Å². The summed E-state index contributed by atoms with van der Waals surface area (Å²) in [6.45, 7) is 0.516. The molecule has 1 aromatic carbocycles. The van der Waals surface area contributed by atoms with Crippen molar-refractivity contribution >= 4 is 34.9 Å². The quantitative estimate of drug-likeness (QED) is 0.595. The van der Waals surface area contributed by atoms with E-state index in [9.17, 15) is 4.79 Å². The molecule has 0 fully saturated rings. The van der Waals surface area contributed by atoms with Gasteiger partial charge in [0, 0.05) is 12.4 Å². The highest BCUT2D eigenvalue weighted by molar-refractivity contribution is 7.16. The number of aromatic nitrogens is 3. The Morgan fingerprint density at radius 2 is 2.29 bits per heavy atom. The average Bonchev–Trinajstić information content (AvgIpc) is 2.88. The summed E-state index contributed by atoms with van der Waals surface area (Å²) in [6.07, 6.45) is 5.28. The maximum atomic E-state index is 11.9. The monoisotopic (exact) mass is 243 g/mol. The van der Waals surface area contributed by atoms with Crippen LogP contribution in [0.3, 0.4) is 0 Å². The van der Waals surface area contributed by atoms with E-state index in [0.29, 0.717) is 6.67 Å². The van der Waals surface area contributed by atoms with Crippen molar-refractivity contribution in [3.63, 3.8) is 0 Å². The van der Waals surface area contributed by atoms with Gasteiger partial charge in [0.05, 0.1) is 16.5 Å². The molecule has 0 saturated carbocycles. The summed E-state index contributed by atoms with van der Waals surface area (Å²) in [7, 11) is 2.03. The van der Waals surface area contributed by atoms with E-state index in [-0.39, 0.29) is 4.87 Å². The van der Waals surface area contributed by atoms with Crippen molar-refractivity contribution in [3.05, 3.63) is 46.6 Å². The fraction of sp³-hybridized carbons (Fsp3) is 0.0909. The van der Waals surface area contributed by atoms with Gasteiger partial charge < -0.3 is 4.57 Å². The fourth-order valence-electron chi connectivity index (χ4n) is 1.84. The maximum absolute atomic E-state index is 11.9. The smallest absolute Gasteiger partial charge is 0.309 e. The predicted octanol–water partition coefficient (Wildman–Crippen LogP) is 0.0237. The molecule has 17 heavy (non-hydrogen) atoms. The van der Waals surface area contributed by atoms with E-state index in [4.69, 9.17) is 0 Å². The SMILES string of the molecule is Bc1ccc2c(c1)sc(=O)n2Cn1ccnc1. The molecule has 0 aliphatic heterocycles. The van der Waals surface area contributed by atoms with Crippen LogP contribution < -0.4 is 10.3 Å². The van der Waals surface area contributed by atoms with Gasteiger partial charge in [-0.15, -0.1) is 0 Å². The number of thiazole rings is 1. The minimum absolute atomic E-state index is 0.0688. The van der Waals surface area contributed by atoms with Gasteiger partial charge in [0.15, 0.2) is 0 Å². The van der Waals surface area contributed by atoms with Crippen LogP contribution in [-0.2, 0) is 6.67 Å². The Kier molecular flexibility index (Phi) is 2.37. The molecule has 2 aromatic heterocycles. The fourth-order valence-corrected chi connectivity index (χ4v) is 2.82. The van der Waals surface area contributed by atoms with Crippen LogP contribution in [-0.4, -0.2) is 22.0 Å². The van der Waals surface area contributed by atoms with Crippen molar-refractivity contribution in [1.82, 2.24) is 14.1 Å². The molecule has 0 aliphatic rings. The first-order valence-electron chi connectivity index (χ1n) is 5.30. The molecule has 0 unspecified atom stereocenters. The topological polar surface area (TPSA) is 39.8 Å². The average molecular weight is 243 g/mol. The normalized spacial score (nSPS) is 11.1. The van der Waals surface area contributed by atoms with Crippen molar-refractivity contribution in [3.8, 4) is 0 Å². The lowest BCUT2D eigenvalue weighted by Crippen LogP contribution is -2.17. The first-order valence-corrected chi connectivity index (χ1v) is 6.11. The molecule has 0 amide bonds. The van der Waals surface area contributed by atoms with Crippen LogP contribution in [0.1, 0.15) is 0 Å². The predicted molar refractivity (Wildman–Crippen MR) is 71.9 cm³/mol. The van der Waals surface area contributed by atoms with E-state index in [1.54, 1.807) is 17.1 Å². The molecule has 0 spiro atoms. The van der Waals surface area contributed by atoms with Gasteiger partial charge in [-0.2, -0.15) is 0 Å². The molecule has 6 heteroatoms. The van der Waals surface area contributed by atoms with Gasteiger partial charge in [-0.25, -0.2) is 4.98 Å². The second kappa shape index (κ2) is 3.89. The number of benzene rings is 1. The van der Waals surface area contributed by atoms with E-state index < -0.39 is 0 Å². The van der Waals surface area contributed by atoms with Crippen molar-refractivity contribution in [2.45, 2.75) is 6.67 Å². The third kappa shape index (κ3) is 1.80. The summed E-state index contributed by atoms with van der Waals surface area (Å²) in [5, 5.41) is 0. The van der Waals surface area contributed by atoms with Crippen LogP contribution in [0.4, 0.5) is 0 Å². The molecule has 0 radical (unpaired) electrons. The number of fused-ring (bicyclic) bond motifs is 1. The van der Waals surface area contributed by atoms with Crippen LogP contribution in [0.25, 0.3) is 10.2 Å². The Bertz CT molecular complexity index is 714. The van der Waals surface area contributed by atoms with Crippen molar-refractivity contribution < 1.29 is 0 Å². The molecule has 0 aliphatic carbocycles. The Labute approximate surface area is 103 Å². The van der Waals surface area contributed by atoms with Crippen molar-refractivity contribution in [2.24, 2.45) is 0 Å².